The normalized spacial score (nSPS) is 16.0. The number of ether oxygens (including phenoxy) is 1. The van der Waals surface area contributed by atoms with E-state index in [0.717, 1.165) is 16.6 Å². The van der Waals surface area contributed by atoms with E-state index < -0.39 is 0 Å². The van der Waals surface area contributed by atoms with Gasteiger partial charge in [0.15, 0.2) is 0 Å². The summed E-state index contributed by atoms with van der Waals surface area (Å²) in [5, 5.41) is 13.6. The molecule has 1 fully saturated rings. The Morgan fingerprint density at radius 1 is 1.38 bits per heavy atom. The van der Waals surface area contributed by atoms with Gasteiger partial charge in [0, 0.05) is 17.6 Å². The lowest BCUT2D eigenvalue weighted by Crippen LogP contribution is -2.28. The number of carbonyl (C=O) groups excluding carboxylic acids is 1. The highest BCUT2D eigenvalue weighted by Crippen LogP contribution is 2.32. The van der Waals surface area contributed by atoms with Crippen molar-refractivity contribution in [3.05, 3.63) is 35.5 Å². The highest BCUT2D eigenvalue weighted by Gasteiger charge is 2.23. The Morgan fingerprint density at radius 2 is 2.15 bits per heavy atom. The van der Waals surface area contributed by atoms with Crippen molar-refractivity contribution in [1.82, 2.24) is 4.98 Å². The zero-order valence-corrected chi connectivity index (χ0v) is 15.4. The van der Waals surface area contributed by atoms with Gasteiger partial charge in [-0.25, -0.2) is 4.79 Å². The molecule has 5 nitrogen and oxygen atoms in total. The second-order valence-electron chi connectivity index (χ2n) is 6.94. The molecule has 1 atom stereocenters. The molecule has 1 saturated carbocycles. The lowest BCUT2D eigenvalue weighted by molar-refractivity contribution is 0.0527. The predicted octanol–water partition coefficient (Wildman–Crippen LogP) is 4.66. The maximum atomic E-state index is 12.5. The first-order valence-electron chi connectivity index (χ1n) is 9.40. The number of nitrogens with one attached hydrogen (secondary N) is 1. The molecule has 0 amide bonds. The van der Waals surface area contributed by atoms with Crippen LogP contribution >= 0.6 is 0 Å². The predicted molar refractivity (Wildman–Crippen MR) is 102 cm³/mol. The average molecular weight is 351 g/mol. The minimum absolute atomic E-state index is 0.236. The monoisotopic (exact) mass is 351 g/mol. The van der Waals surface area contributed by atoms with E-state index in [9.17, 15) is 10.1 Å². The van der Waals surface area contributed by atoms with Crippen LogP contribution in [0.15, 0.2) is 24.4 Å². The van der Waals surface area contributed by atoms with E-state index >= 15 is 0 Å². The molecule has 1 aliphatic carbocycles. The smallest absolute Gasteiger partial charge is 0.341 e. The van der Waals surface area contributed by atoms with Crippen LogP contribution in [0.1, 0.15) is 61.9 Å². The molecule has 5 heteroatoms. The summed E-state index contributed by atoms with van der Waals surface area (Å²) in [6.07, 6.45) is 7.81. The van der Waals surface area contributed by atoms with E-state index in [1.165, 1.54) is 32.1 Å². The fraction of sp³-hybridized carbons (Fsp3) is 0.476. The fourth-order valence-corrected chi connectivity index (χ4v) is 3.76. The number of rotatable bonds is 5. The topological polar surface area (TPSA) is 75.0 Å². The van der Waals surface area contributed by atoms with Crippen LogP contribution < -0.4 is 5.32 Å². The molecule has 1 N–H and O–H groups in total. The van der Waals surface area contributed by atoms with Gasteiger partial charge >= 0.3 is 5.97 Å². The largest absolute Gasteiger partial charge is 0.462 e. The number of benzene rings is 1. The Labute approximate surface area is 154 Å². The van der Waals surface area contributed by atoms with Crippen LogP contribution in [0.3, 0.4) is 0 Å². The maximum absolute atomic E-state index is 12.5. The first-order valence-corrected chi connectivity index (χ1v) is 9.40. The van der Waals surface area contributed by atoms with E-state index in [1.54, 1.807) is 25.3 Å². The molecule has 0 spiro atoms. The molecule has 26 heavy (non-hydrogen) atoms. The Bertz CT molecular complexity index is 835. The standard InChI is InChI=1S/C21H25N3O2/c1-3-26-21(25)18-13-23-19-10-9-15(12-22)11-17(19)20(18)24-14(2)16-7-5-4-6-8-16/h9-11,13-14,16H,3-8H2,1-2H3,(H,23,24). The summed E-state index contributed by atoms with van der Waals surface area (Å²) in [7, 11) is 0. The molecule has 1 heterocycles. The Balaban J connectivity index is 2.04. The lowest BCUT2D eigenvalue weighted by Gasteiger charge is -2.30. The van der Waals surface area contributed by atoms with Crippen LogP contribution in [0.4, 0.5) is 5.69 Å². The molecule has 1 aliphatic rings. The third-order valence-electron chi connectivity index (χ3n) is 5.22. The van der Waals surface area contributed by atoms with Gasteiger partial charge in [-0.2, -0.15) is 5.26 Å². The van der Waals surface area contributed by atoms with Crippen molar-refractivity contribution in [3.63, 3.8) is 0 Å². The lowest BCUT2D eigenvalue weighted by atomic mass is 9.84. The van der Waals surface area contributed by atoms with Crippen LogP contribution in [-0.4, -0.2) is 23.6 Å². The van der Waals surface area contributed by atoms with Crippen molar-refractivity contribution in [3.8, 4) is 6.07 Å². The summed E-state index contributed by atoms with van der Waals surface area (Å²) in [5.74, 6) is 0.198. The quantitative estimate of drug-likeness (QED) is 0.793. The second-order valence-corrected chi connectivity index (χ2v) is 6.94. The number of fused-ring (bicyclic) bond motifs is 1. The van der Waals surface area contributed by atoms with Crippen molar-refractivity contribution in [2.45, 2.75) is 52.0 Å². The van der Waals surface area contributed by atoms with E-state index in [2.05, 4.69) is 23.3 Å². The number of aromatic nitrogens is 1. The number of esters is 1. The summed E-state index contributed by atoms with van der Waals surface area (Å²) in [4.78, 5) is 16.8. The van der Waals surface area contributed by atoms with Crippen LogP contribution in [0.5, 0.6) is 0 Å². The minimum atomic E-state index is -0.386. The number of carbonyl (C=O) groups is 1. The number of nitriles is 1. The molecule has 0 saturated heterocycles. The molecule has 2 aromatic rings. The van der Waals surface area contributed by atoms with Gasteiger partial charge in [-0.3, -0.25) is 4.98 Å². The van der Waals surface area contributed by atoms with E-state index in [1.807, 2.05) is 6.07 Å². The maximum Gasteiger partial charge on any atom is 0.341 e. The number of hydrogen-bond donors (Lipinski definition) is 1. The first kappa shape index (κ1) is 18.2. The van der Waals surface area contributed by atoms with Crippen LogP contribution in [0.25, 0.3) is 10.9 Å². The third kappa shape index (κ3) is 3.80. The van der Waals surface area contributed by atoms with E-state index in [-0.39, 0.29) is 12.0 Å². The number of hydrogen-bond acceptors (Lipinski definition) is 5. The Kier molecular flexibility index (Phi) is 5.72. The van der Waals surface area contributed by atoms with Gasteiger partial charge in [-0.05, 0) is 50.8 Å². The van der Waals surface area contributed by atoms with Crippen LogP contribution in [0, 0.1) is 17.2 Å². The fourth-order valence-electron chi connectivity index (χ4n) is 3.76. The zero-order valence-electron chi connectivity index (χ0n) is 15.4. The molecule has 1 aromatic heterocycles. The van der Waals surface area contributed by atoms with Gasteiger partial charge in [0.25, 0.3) is 0 Å². The van der Waals surface area contributed by atoms with Crippen molar-refractivity contribution in [2.75, 3.05) is 11.9 Å². The molecule has 0 radical (unpaired) electrons. The minimum Gasteiger partial charge on any atom is -0.462 e. The molecule has 136 valence electrons. The van der Waals surface area contributed by atoms with Crippen molar-refractivity contribution < 1.29 is 9.53 Å². The first-order chi connectivity index (χ1) is 12.6. The summed E-state index contributed by atoms with van der Waals surface area (Å²) in [6.45, 7) is 4.27. The summed E-state index contributed by atoms with van der Waals surface area (Å²) in [6, 6.07) is 7.76. The van der Waals surface area contributed by atoms with Crippen LogP contribution in [-0.2, 0) is 4.74 Å². The number of pyridine rings is 1. The molecule has 0 aliphatic heterocycles. The number of anilines is 1. The summed E-state index contributed by atoms with van der Waals surface area (Å²) >= 11 is 0. The highest BCUT2D eigenvalue weighted by molar-refractivity contribution is 6.05. The van der Waals surface area contributed by atoms with Crippen LogP contribution in [0.2, 0.25) is 0 Å². The highest BCUT2D eigenvalue weighted by atomic mass is 16.5. The second kappa shape index (κ2) is 8.18. The molecule has 1 aromatic carbocycles. The molecule has 0 bridgehead atoms. The molecule has 3 rings (SSSR count). The van der Waals surface area contributed by atoms with Crippen molar-refractivity contribution in [2.24, 2.45) is 5.92 Å². The van der Waals surface area contributed by atoms with E-state index in [4.69, 9.17) is 4.74 Å². The number of nitrogens with zero attached hydrogens (tertiary/aromatic N) is 2. The van der Waals surface area contributed by atoms with Gasteiger partial charge in [0.05, 0.1) is 29.4 Å². The SMILES string of the molecule is CCOC(=O)c1cnc2ccc(C#N)cc2c1NC(C)C1CCCCC1. The zero-order chi connectivity index (χ0) is 18.5. The molecular weight excluding hydrogens is 326 g/mol. The van der Waals surface area contributed by atoms with Gasteiger partial charge in [0.1, 0.15) is 5.56 Å². The van der Waals surface area contributed by atoms with Gasteiger partial charge in [-0.15, -0.1) is 0 Å². The Morgan fingerprint density at radius 3 is 2.85 bits per heavy atom. The van der Waals surface area contributed by atoms with Gasteiger partial charge in [-0.1, -0.05) is 19.3 Å². The summed E-state index contributed by atoms with van der Waals surface area (Å²) in [5.41, 5.74) is 2.46. The third-order valence-corrected chi connectivity index (χ3v) is 5.22. The van der Waals surface area contributed by atoms with E-state index in [0.29, 0.717) is 23.7 Å². The summed E-state index contributed by atoms with van der Waals surface area (Å²) < 4.78 is 5.22. The average Bonchev–Trinajstić information content (AvgIpc) is 2.68. The molecule has 1 unspecified atom stereocenters. The Hall–Kier alpha value is -2.61. The van der Waals surface area contributed by atoms with Crippen molar-refractivity contribution in [1.29, 1.82) is 5.26 Å². The van der Waals surface area contributed by atoms with Gasteiger partial charge in [0.2, 0.25) is 0 Å². The van der Waals surface area contributed by atoms with Gasteiger partial charge < -0.3 is 10.1 Å². The molecular formula is C21H25N3O2. The van der Waals surface area contributed by atoms with Crippen molar-refractivity contribution >= 4 is 22.6 Å².